The highest BCUT2D eigenvalue weighted by Gasteiger charge is 2.76. The molecule has 0 aromatic heterocycles. The molecule has 2 saturated carbocycles. The van der Waals surface area contributed by atoms with Crippen LogP contribution in [-0.4, -0.2) is 23.1 Å². The Morgan fingerprint density at radius 2 is 2.11 bits per heavy atom. The monoisotopic (exact) mass is 313 g/mol. The zero-order valence-corrected chi connectivity index (χ0v) is 12.8. The van der Waals surface area contributed by atoms with Gasteiger partial charge < -0.3 is 5.32 Å². The van der Waals surface area contributed by atoms with Crippen molar-refractivity contribution in [1.29, 1.82) is 0 Å². The summed E-state index contributed by atoms with van der Waals surface area (Å²) in [4.78, 5) is 24.6. The molecule has 4 heteroatoms. The van der Waals surface area contributed by atoms with Crippen LogP contribution in [0.25, 0.3) is 0 Å². The van der Waals surface area contributed by atoms with Crippen molar-refractivity contribution in [2.24, 2.45) is 16.2 Å². The number of hydrogen-bond donors (Lipinski definition) is 1. The standard InChI is InChI=1S/C14H20BrNO2/c1-5-8-16-11(18)14-7-6-13(4,12(14,2)3)10(17)9(14)15/h5,9H,1,6-8H2,2-4H3,(H,16,18)/t9-,13+,14-/m0/s1. The Hall–Kier alpha value is -0.640. The molecule has 0 saturated heterocycles. The summed E-state index contributed by atoms with van der Waals surface area (Å²) >= 11 is 3.49. The van der Waals surface area contributed by atoms with Gasteiger partial charge in [0.2, 0.25) is 5.91 Å². The number of Topliss-reactive ketones (excluding diaryl/α,β-unsaturated/α-hetero) is 1. The average molecular weight is 314 g/mol. The van der Waals surface area contributed by atoms with Crippen molar-refractivity contribution in [3.8, 4) is 0 Å². The Morgan fingerprint density at radius 3 is 2.56 bits per heavy atom. The van der Waals surface area contributed by atoms with Crippen molar-refractivity contribution in [2.45, 2.75) is 38.4 Å². The van der Waals surface area contributed by atoms with Crippen LogP contribution in [0.5, 0.6) is 0 Å². The van der Waals surface area contributed by atoms with Crippen LogP contribution in [0.15, 0.2) is 12.7 Å². The number of halogens is 1. The fourth-order valence-electron chi connectivity index (χ4n) is 3.78. The molecule has 2 bridgehead atoms. The second-order valence-electron chi connectivity index (χ2n) is 6.15. The third-order valence-electron chi connectivity index (χ3n) is 5.53. The lowest BCUT2D eigenvalue weighted by molar-refractivity contribution is -0.135. The molecule has 2 aliphatic rings. The number of alkyl halides is 1. The molecule has 1 N–H and O–H groups in total. The summed E-state index contributed by atoms with van der Waals surface area (Å²) in [6.07, 6.45) is 3.22. The van der Waals surface area contributed by atoms with Crippen LogP contribution >= 0.6 is 15.9 Å². The predicted octanol–water partition coefficient (Wildman–Crippen LogP) is 2.45. The molecule has 0 spiro atoms. The Balaban J connectivity index is 2.46. The molecule has 0 aromatic carbocycles. The van der Waals surface area contributed by atoms with Gasteiger partial charge in [0.1, 0.15) is 0 Å². The van der Waals surface area contributed by atoms with E-state index in [-0.39, 0.29) is 21.9 Å². The second-order valence-corrected chi connectivity index (χ2v) is 7.07. The smallest absolute Gasteiger partial charge is 0.228 e. The third-order valence-corrected chi connectivity index (χ3v) is 6.73. The van der Waals surface area contributed by atoms with Gasteiger partial charge in [0.25, 0.3) is 0 Å². The number of amides is 1. The molecule has 0 aromatic rings. The lowest BCUT2D eigenvalue weighted by Gasteiger charge is -2.39. The van der Waals surface area contributed by atoms with Crippen molar-refractivity contribution in [3.05, 3.63) is 12.7 Å². The van der Waals surface area contributed by atoms with Crippen LogP contribution in [-0.2, 0) is 9.59 Å². The maximum Gasteiger partial charge on any atom is 0.228 e. The third kappa shape index (κ3) is 1.25. The number of rotatable bonds is 3. The van der Waals surface area contributed by atoms with Gasteiger partial charge in [-0.3, -0.25) is 9.59 Å². The fourth-order valence-corrected chi connectivity index (χ4v) is 5.29. The van der Waals surface area contributed by atoms with E-state index in [1.807, 2.05) is 20.8 Å². The van der Waals surface area contributed by atoms with E-state index in [1.165, 1.54) is 0 Å². The Morgan fingerprint density at radius 1 is 1.50 bits per heavy atom. The molecule has 2 aliphatic carbocycles. The molecule has 0 radical (unpaired) electrons. The first-order chi connectivity index (χ1) is 8.25. The second kappa shape index (κ2) is 3.92. The molecule has 1 amide bonds. The summed E-state index contributed by atoms with van der Waals surface area (Å²) in [5, 5.41) is 2.88. The topological polar surface area (TPSA) is 46.2 Å². The van der Waals surface area contributed by atoms with Crippen LogP contribution < -0.4 is 5.32 Å². The summed E-state index contributed by atoms with van der Waals surface area (Å²) in [5.74, 6) is 0.149. The highest BCUT2D eigenvalue weighted by molar-refractivity contribution is 9.10. The van der Waals surface area contributed by atoms with Gasteiger partial charge in [0.15, 0.2) is 5.78 Å². The van der Waals surface area contributed by atoms with Crippen LogP contribution in [0.4, 0.5) is 0 Å². The lowest BCUT2D eigenvalue weighted by Crippen LogP contribution is -2.50. The van der Waals surface area contributed by atoms with E-state index in [4.69, 9.17) is 0 Å². The zero-order valence-electron chi connectivity index (χ0n) is 11.2. The lowest BCUT2D eigenvalue weighted by atomic mass is 9.64. The van der Waals surface area contributed by atoms with Gasteiger partial charge in [0, 0.05) is 12.0 Å². The molecule has 2 fully saturated rings. The van der Waals surface area contributed by atoms with Gasteiger partial charge in [-0.25, -0.2) is 0 Å². The van der Waals surface area contributed by atoms with Gasteiger partial charge >= 0.3 is 0 Å². The number of ketones is 1. The maximum atomic E-state index is 12.6. The van der Waals surface area contributed by atoms with Crippen LogP contribution in [0.1, 0.15) is 33.6 Å². The molecular weight excluding hydrogens is 294 g/mol. The Labute approximate surface area is 117 Å². The minimum absolute atomic E-state index is 0.0242. The maximum absolute atomic E-state index is 12.6. The number of nitrogens with one attached hydrogen (secondary N) is 1. The first-order valence-corrected chi connectivity index (χ1v) is 7.25. The summed E-state index contributed by atoms with van der Waals surface area (Å²) in [5.41, 5.74) is -1.34. The highest BCUT2D eigenvalue weighted by Crippen LogP contribution is 2.72. The summed E-state index contributed by atoms with van der Waals surface area (Å²) < 4.78 is 0. The molecule has 0 heterocycles. The van der Waals surface area contributed by atoms with E-state index < -0.39 is 10.8 Å². The fraction of sp³-hybridized carbons (Fsp3) is 0.714. The quantitative estimate of drug-likeness (QED) is 0.642. The largest absolute Gasteiger partial charge is 0.352 e. The summed E-state index contributed by atoms with van der Waals surface area (Å²) in [6, 6.07) is 0. The molecule has 0 aliphatic heterocycles. The van der Waals surface area contributed by atoms with Crippen molar-refractivity contribution >= 4 is 27.6 Å². The van der Waals surface area contributed by atoms with E-state index in [1.54, 1.807) is 6.08 Å². The normalized spacial score (nSPS) is 40.9. The van der Waals surface area contributed by atoms with Gasteiger partial charge in [-0.2, -0.15) is 0 Å². The minimum Gasteiger partial charge on any atom is -0.352 e. The first kappa shape index (κ1) is 13.8. The molecule has 100 valence electrons. The van der Waals surface area contributed by atoms with E-state index >= 15 is 0 Å². The van der Waals surface area contributed by atoms with Crippen molar-refractivity contribution in [1.82, 2.24) is 5.32 Å². The van der Waals surface area contributed by atoms with Gasteiger partial charge in [-0.05, 0) is 18.3 Å². The van der Waals surface area contributed by atoms with Gasteiger partial charge in [-0.15, -0.1) is 6.58 Å². The van der Waals surface area contributed by atoms with Crippen molar-refractivity contribution in [3.63, 3.8) is 0 Å². The number of hydrogen-bond acceptors (Lipinski definition) is 2. The van der Waals surface area contributed by atoms with Crippen LogP contribution in [0.3, 0.4) is 0 Å². The molecule has 3 atom stereocenters. The number of fused-ring (bicyclic) bond motifs is 2. The minimum atomic E-state index is -0.623. The van der Waals surface area contributed by atoms with E-state index in [2.05, 4.69) is 27.8 Å². The average Bonchev–Trinajstić information content (AvgIpc) is 2.59. The van der Waals surface area contributed by atoms with E-state index in [9.17, 15) is 9.59 Å². The van der Waals surface area contributed by atoms with Crippen molar-refractivity contribution < 1.29 is 9.59 Å². The van der Waals surface area contributed by atoms with E-state index in [0.29, 0.717) is 6.54 Å². The SMILES string of the molecule is C=CCNC(=O)[C@]12CC[C@](C)(C(=O)[C@@H]1Br)C2(C)C. The van der Waals surface area contributed by atoms with Gasteiger partial charge in [-0.1, -0.05) is 42.8 Å². The summed E-state index contributed by atoms with van der Waals surface area (Å²) in [7, 11) is 0. The summed E-state index contributed by atoms with van der Waals surface area (Å²) in [6.45, 7) is 10.2. The van der Waals surface area contributed by atoms with Gasteiger partial charge in [0.05, 0.1) is 10.2 Å². The molecule has 3 nitrogen and oxygen atoms in total. The molecule has 0 unspecified atom stereocenters. The number of carbonyl (C=O) groups is 2. The Kier molecular flexibility index (Phi) is 3.01. The Bertz CT molecular complexity index is 432. The van der Waals surface area contributed by atoms with Crippen LogP contribution in [0.2, 0.25) is 0 Å². The van der Waals surface area contributed by atoms with Crippen molar-refractivity contribution in [2.75, 3.05) is 6.54 Å². The predicted molar refractivity (Wildman–Crippen MR) is 74.5 cm³/mol. The number of carbonyl (C=O) groups excluding carboxylic acids is 2. The van der Waals surface area contributed by atoms with Crippen LogP contribution in [0, 0.1) is 16.2 Å². The molecular formula is C14H20BrNO2. The highest BCUT2D eigenvalue weighted by atomic mass is 79.9. The first-order valence-electron chi connectivity index (χ1n) is 6.33. The van der Waals surface area contributed by atoms with E-state index in [0.717, 1.165) is 12.8 Å². The zero-order chi connectivity index (χ0) is 13.8. The molecule has 18 heavy (non-hydrogen) atoms. The molecule has 2 rings (SSSR count).